The third-order valence-electron chi connectivity index (χ3n) is 9.33. The molecule has 0 amide bonds. The first-order valence-electron chi connectivity index (χ1n) is 15.5. The van der Waals surface area contributed by atoms with Crippen molar-refractivity contribution in [2.45, 2.75) is 138 Å². The van der Waals surface area contributed by atoms with Gasteiger partial charge in [-0.15, -0.1) is 0 Å². The Morgan fingerprint density at radius 2 is 1.78 bits per heavy atom. The Labute approximate surface area is 228 Å². The van der Waals surface area contributed by atoms with Gasteiger partial charge in [0.2, 0.25) is 0 Å². The Hall–Kier alpha value is -1.51. The first-order valence-corrected chi connectivity index (χ1v) is 15.5. The fraction of sp³-hybridized carbons (Fsp3) is 0.794. The van der Waals surface area contributed by atoms with Crippen LogP contribution in [0, 0.1) is 35.0 Å². The highest BCUT2D eigenvalue weighted by Gasteiger charge is 2.32. The van der Waals surface area contributed by atoms with Gasteiger partial charge in [-0.25, -0.2) is 0 Å². The zero-order valence-corrected chi connectivity index (χ0v) is 25.0. The van der Waals surface area contributed by atoms with Gasteiger partial charge in [-0.05, 0) is 75.2 Å². The molecule has 0 N–H and O–H groups in total. The van der Waals surface area contributed by atoms with Crippen LogP contribution in [0.1, 0.15) is 138 Å². The second kappa shape index (κ2) is 15.8. The fourth-order valence-corrected chi connectivity index (χ4v) is 7.37. The van der Waals surface area contributed by atoms with E-state index in [-0.39, 0.29) is 46.9 Å². The third kappa shape index (κ3) is 10.6. The van der Waals surface area contributed by atoms with Gasteiger partial charge in [-0.3, -0.25) is 14.4 Å². The number of carbonyl (C=O) groups excluding carboxylic acids is 3. The van der Waals surface area contributed by atoms with Crippen LogP contribution in [0.3, 0.4) is 0 Å². The predicted molar refractivity (Wildman–Crippen MR) is 155 cm³/mol. The minimum absolute atomic E-state index is 0.0464. The maximum absolute atomic E-state index is 13.2. The lowest BCUT2D eigenvalue weighted by molar-refractivity contribution is -0.129. The van der Waals surface area contributed by atoms with Crippen LogP contribution in [0.5, 0.6) is 0 Å². The van der Waals surface area contributed by atoms with E-state index in [0.29, 0.717) is 12.3 Å². The van der Waals surface area contributed by atoms with Gasteiger partial charge in [0.05, 0.1) is 6.42 Å². The quantitative estimate of drug-likeness (QED) is 0.172. The van der Waals surface area contributed by atoms with Gasteiger partial charge in [0, 0.05) is 18.3 Å². The van der Waals surface area contributed by atoms with E-state index < -0.39 is 0 Å². The van der Waals surface area contributed by atoms with Crippen molar-refractivity contribution in [1.82, 2.24) is 0 Å². The number of allylic oxidation sites excluding steroid dienone is 4. The highest BCUT2D eigenvalue weighted by atomic mass is 16.1. The average Bonchev–Trinajstić information content (AvgIpc) is 3.31. The van der Waals surface area contributed by atoms with E-state index in [0.717, 1.165) is 44.4 Å². The van der Waals surface area contributed by atoms with Gasteiger partial charge in [0.1, 0.15) is 11.6 Å². The molecule has 0 aromatic carbocycles. The van der Waals surface area contributed by atoms with Crippen LogP contribution < -0.4 is 0 Å². The first kappa shape index (κ1) is 31.7. The Morgan fingerprint density at radius 1 is 1.08 bits per heavy atom. The molecule has 4 atom stereocenters. The summed E-state index contributed by atoms with van der Waals surface area (Å²) in [6.45, 7) is 12.6. The molecule has 0 aromatic rings. The lowest BCUT2D eigenvalue weighted by atomic mass is 9.70. The lowest BCUT2D eigenvalue weighted by Crippen LogP contribution is -2.28. The highest BCUT2D eigenvalue weighted by molar-refractivity contribution is 5.99. The second-order valence-corrected chi connectivity index (χ2v) is 13.1. The topological polar surface area (TPSA) is 51.2 Å². The zero-order valence-electron chi connectivity index (χ0n) is 25.0. The SMILES string of the molecule is CCCC(CC1CCC=CC(C(C)(C)CCCC2CCCC2)/C(C)=C/C(=O)C1)C(CC)C(=O)CC(C)=O. The van der Waals surface area contributed by atoms with Crippen molar-refractivity contribution in [2.75, 3.05) is 0 Å². The van der Waals surface area contributed by atoms with Crippen LogP contribution >= 0.6 is 0 Å². The van der Waals surface area contributed by atoms with Crippen molar-refractivity contribution in [3.8, 4) is 0 Å². The van der Waals surface area contributed by atoms with Gasteiger partial charge < -0.3 is 0 Å². The molecule has 1 fully saturated rings. The molecule has 37 heavy (non-hydrogen) atoms. The summed E-state index contributed by atoms with van der Waals surface area (Å²) in [6, 6.07) is 0. The molecular weight excluding hydrogens is 456 g/mol. The molecule has 0 aromatic heterocycles. The van der Waals surface area contributed by atoms with Crippen LogP contribution in [0.15, 0.2) is 23.8 Å². The Morgan fingerprint density at radius 3 is 2.41 bits per heavy atom. The molecule has 210 valence electrons. The van der Waals surface area contributed by atoms with Crippen LogP contribution in [0.25, 0.3) is 0 Å². The average molecular weight is 513 g/mol. The standard InChI is InChI=1S/C34H56O3/c1-7-14-29(31(8-2)33(37)22-26(4)35)23-28-17-11-12-19-32(25(3)21-30(36)24-28)34(5,6)20-13-18-27-15-9-10-16-27/h12,19,21,27-29,31-32H,7-11,13-18,20,22-24H2,1-6H3/b19-12?,25-21+. The summed E-state index contributed by atoms with van der Waals surface area (Å²) in [5.41, 5.74) is 1.34. The molecule has 0 spiro atoms. The third-order valence-corrected chi connectivity index (χ3v) is 9.33. The van der Waals surface area contributed by atoms with E-state index in [1.165, 1.54) is 57.4 Å². The number of ketones is 3. The van der Waals surface area contributed by atoms with Crippen LogP contribution in [-0.2, 0) is 14.4 Å². The van der Waals surface area contributed by atoms with E-state index in [1.807, 2.05) is 6.08 Å². The van der Waals surface area contributed by atoms with Gasteiger partial charge >= 0.3 is 0 Å². The summed E-state index contributed by atoms with van der Waals surface area (Å²) in [4.78, 5) is 37.7. The van der Waals surface area contributed by atoms with Crippen LogP contribution in [0.4, 0.5) is 0 Å². The maximum atomic E-state index is 13.2. The van der Waals surface area contributed by atoms with E-state index in [4.69, 9.17) is 0 Å². The molecule has 0 bridgehead atoms. The molecule has 3 nitrogen and oxygen atoms in total. The summed E-state index contributed by atoms with van der Waals surface area (Å²) >= 11 is 0. The molecule has 3 heteroatoms. The summed E-state index contributed by atoms with van der Waals surface area (Å²) < 4.78 is 0. The van der Waals surface area contributed by atoms with Crippen molar-refractivity contribution in [1.29, 1.82) is 0 Å². The Balaban J connectivity index is 2.07. The van der Waals surface area contributed by atoms with Crippen molar-refractivity contribution in [3.63, 3.8) is 0 Å². The largest absolute Gasteiger partial charge is 0.300 e. The fourth-order valence-electron chi connectivity index (χ4n) is 7.37. The maximum Gasteiger partial charge on any atom is 0.155 e. The van der Waals surface area contributed by atoms with Crippen LogP contribution in [0.2, 0.25) is 0 Å². The second-order valence-electron chi connectivity index (χ2n) is 13.1. The minimum Gasteiger partial charge on any atom is -0.300 e. The molecule has 0 aliphatic heterocycles. The highest BCUT2D eigenvalue weighted by Crippen LogP contribution is 2.41. The van der Waals surface area contributed by atoms with Crippen molar-refractivity contribution in [2.24, 2.45) is 35.0 Å². The summed E-state index contributed by atoms with van der Waals surface area (Å²) in [7, 11) is 0. The van der Waals surface area contributed by atoms with Gasteiger partial charge in [0.25, 0.3) is 0 Å². The van der Waals surface area contributed by atoms with E-state index in [1.54, 1.807) is 0 Å². The van der Waals surface area contributed by atoms with E-state index >= 15 is 0 Å². The minimum atomic E-state index is -0.0726. The molecular formula is C34H56O3. The zero-order chi connectivity index (χ0) is 27.4. The van der Waals surface area contributed by atoms with Crippen molar-refractivity contribution >= 4 is 17.3 Å². The number of hydrogen-bond acceptors (Lipinski definition) is 3. The number of hydrogen-bond donors (Lipinski definition) is 0. The molecule has 2 aliphatic carbocycles. The van der Waals surface area contributed by atoms with Crippen LogP contribution in [-0.4, -0.2) is 17.3 Å². The van der Waals surface area contributed by atoms with Gasteiger partial charge in [-0.2, -0.15) is 0 Å². The molecule has 2 aliphatic rings. The number of rotatable bonds is 14. The molecule has 0 saturated heterocycles. The van der Waals surface area contributed by atoms with Crippen molar-refractivity contribution < 1.29 is 14.4 Å². The number of Topliss-reactive ketones (excluding diaryl/α,β-unsaturated/α-hetero) is 2. The normalized spacial score (nSPS) is 24.9. The lowest BCUT2D eigenvalue weighted by Gasteiger charge is -2.34. The van der Waals surface area contributed by atoms with E-state index in [9.17, 15) is 14.4 Å². The van der Waals surface area contributed by atoms with Gasteiger partial charge in [-0.1, -0.05) is 96.8 Å². The molecule has 1 saturated carbocycles. The van der Waals surface area contributed by atoms with E-state index in [2.05, 4.69) is 46.8 Å². The monoisotopic (exact) mass is 512 g/mol. The van der Waals surface area contributed by atoms with Crippen molar-refractivity contribution in [3.05, 3.63) is 23.8 Å². The smallest absolute Gasteiger partial charge is 0.155 e. The Bertz CT molecular complexity index is 796. The first-order chi connectivity index (χ1) is 17.6. The number of carbonyl (C=O) groups is 3. The Kier molecular flexibility index (Phi) is 13.5. The summed E-state index contributed by atoms with van der Waals surface area (Å²) in [6.07, 6.45) is 22.4. The molecule has 4 unspecified atom stereocenters. The molecule has 0 radical (unpaired) electrons. The predicted octanol–water partition coefficient (Wildman–Crippen LogP) is 9.24. The van der Waals surface area contributed by atoms with Gasteiger partial charge in [0.15, 0.2) is 5.78 Å². The summed E-state index contributed by atoms with van der Waals surface area (Å²) in [5.74, 6) is 1.99. The molecule has 0 heterocycles. The molecule has 2 rings (SSSR count). The summed E-state index contributed by atoms with van der Waals surface area (Å²) in [5, 5.41) is 0.